The van der Waals surface area contributed by atoms with Crippen LogP contribution in [0, 0.1) is 134 Å². The number of fused-ring (bicyclic) bond motifs is 7. The summed E-state index contributed by atoms with van der Waals surface area (Å²) in [5, 5.41) is 17.4. The van der Waals surface area contributed by atoms with Gasteiger partial charge in [-0.15, -0.1) is 0 Å². The van der Waals surface area contributed by atoms with Gasteiger partial charge in [0.15, 0.2) is 0 Å². The number of methoxy groups -OCH3 is 4. The molecule has 1 saturated heterocycles. The summed E-state index contributed by atoms with van der Waals surface area (Å²) in [4.78, 5) is 87.9. The Morgan fingerprint density at radius 3 is 1.34 bits per heavy atom. The van der Waals surface area contributed by atoms with Crippen LogP contribution >= 0.6 is 0 Å². The summed E-state index contributed by atoms with van der Waals surface area (Å²) < 4.78 is 34.6. The highest BCUT2D eigenvalue weighted by Crippen LogP contribution is 2.59. The smallest absolute Gasteiger partial charge is 0.311 e. The maximum absolute atomic E-state index is 12.2. The third kappa shape index (κ3) is 25.2. The highest BCUT2D eigenvalue weighted by molar-refractivity contribution is 5.86. The lowest BCUT2D eigenvalue weighted by molar-refractivity contribution is -0.167. The molecule has 16 unspecified atom stereocenters. The monoisotopic (exact) mass is 1300 g/mol. The van der Waals surface area contributed by atoms with Crippen molar-refractivity contribution in [3.63, 3.8) is 0 Å². The summed E-state index contributed by atoms with van der Waals surface area (Å²) in [6, 6.07) is 4.72. The second kappa shape index (κ2) is 44.0. The van der Waals surface area contributed by atoms with Gasteiger partial charge in [-0.25, -0.2) is 13.1 Å². The first-order valence-electron chi connectivity index (χ1n) is 30.9. The van der Waals surface area contributed by atoms with E-state index in [0.717, 1.165) is 61.8 Å². The van der Waals surface area contributed by atoms with E-state index in [1.54, 1.807) is 13.8 Å². The summed E-state index contributed by atoms with van der Waals surface area (Å²) >= 11 is 0. The van der Waals surface area contributed by atoms with Gasteiger partial charge in [0.25, 0.3) is 0 Å². The van der Waals surface area contributed by atoms with Crippen molar-refractivity contribution >= 4 is 41.8 Å². The topological polar surface area (TPSA) is 240 Å². The molecule has 1 aliphatic heterocycles. The Labute approximate surface area is 561 Å². The van der Waals surface area contributed by atoms with Crippen molar-refractivity contribution in [1.82, 2.24) is 0 Å². The summed E-state index contributed by atoms with van der Waals surface area (Å²) in [6.07, 6.45) is 17.0. The van der Waals surface area contributed by atoms with E-state index in [9.17, 15) is 33.6 Å². The largest absolute Gasteiger partial charge is 0.469 e. The molecule has 0 aromatic carbocycles. The number of carbonyl (C=O) groups excluding carboxylic acids is 7. The minimum Gasteiger partial charge on any atom is -0.469 e. The van der Waals surface area contributed by atoms with Crippen LogP contribution in [-0.4, -0.2) is 102 Å². The van der Waals surface area contributed by atoms with E-state index >= 15 is 0 Å². The van der Waals surface area contributed by atoms with Crippen LogP contribution in [0.25, 0.3) is 9.69 Å². The highest BCUT2D eigenvalue weighted by Gasteiger charge is 2.70. The van der Waals surface area contributed by atoms with Gasteiger partial charge in [0.2, 0.25) is 12.6 Å². The molecule has 8 aliphatic carbocycles. The van der Waals surface area contributed by atoms with E-state index in [-0.39, 0.29) is 136 Å². The van der Waals surface area contributed by atoms with E-state index in [2.05, 4.69) is 36.0 Å². The summed E-state index contributed by atoms with van der Waals surface area (Å²) in [5.74, 6) is 2.34. The predicted octanol–water partition coefficient (Wildman–Crippen LogP) is 17.3. The van der Waals surface area contributed by atoms with E-state index < -0.39 is 47.4 Å². The van der Waals surface area contributed by atoms with Gasteiger partial charge in [-0.3, -0.25) is 33.6 Å². The molecule has 18 heteroatoms. The van der Waals surface area contributed by atoms with Crippen molar-refractivity contribution in [2.45, 2.75) is 270 Å². The molecule has 8 saturated carbocycles. The number of nitrogens with zero attached hydrogens (tertiary/aromatic N) is 4. The average molecular weight is 1300 g/mol. The molecular formula is C74H134N4O14. The van der Waals surface area contributed by atoms with Crippen LogP contribution in [0.2, 0.25) is 0 Å². The lowest BCUT2D eigenvalue weighted by atomic mass is 9.78. The molecule has 9 rings (SSSR count). The molecule has 16 atom stereocenters. The van der Waals surface area contributed by atoms with Crippen LogP contribution in [0.4, 0.5) is 0 Å². The fraction of sp³-hybridized carbons (Fsp3) is 0.851. The van der Waals surface area contributed by atoms with Crippen LogP contribution < -0.4 is 0 Å². The number of ether oxygens (including phenoxy) is 7. The molecule has 0 N–H and O–H groups in total. The molecule has 0 amide bonds. The first-order chi connectivity index (χ1) is 39.5. The fourth-order valence-corrected chi connectivity index (χ4v) is 13.4. The van der Waals surface area contributed by atoms with Crippen LogP contribution in [0.5, 0.6) is 0 Å². The summed E-state index contributed by atoms with van der Waals surface area (Å²) in [6.45, 7) is 37.1. The van der Waals surface area contributed by atoms with Gasteiger partial charge in [0, 0.05) is 29.6 Å². The Balaban J connectivity index is -0.000000245. The fourth-order valence-electron chi connectivity index (χ4n) is 13.4. The number of carbonyl (C=O) groups is 7. The highest BCUT2D eigenvalue weighted by atomic mass is 16.6. The first-order valence-corrected chi connectivity index (χ1v) is 30.9. The Morgan fingerprint density at radius 2 is 1.00 bits per heavy atom. The second-order valence-corrected chi connectivity index (χ2v) is 27.1. The zero-order chi connectivity index (χ0) is 63.5. The molecule has 18 nitrogen and oxygen atoms in total. The van der Waals surface area contributed by atoms with Crippen molar-refractivity contribution in [3.05, 3.63) is 22.8 Å². The minimum absolute atomic E-state index is 0. The van der Waals surface area contributed by atoms with Crippen molar-refractivity contribution in [3.8, 4) is 12.1 Å². The maximum Gasteiger partial charge on any atom is 0.311 e. The molecule has 0 radical (unpaired) electrons. The zero-order valence-corrected chi connectivity index (χ0v) is 53.7. The van der Waals surface area contributed by atoms with Gasteiger partial charge < -0.3 is 42.8 Å². The van der Waals surface area contributed by atoms with Crippen molar-refractivity contribution < 1.29 is 66.7 Å². The SMILES string of the molecule is C.C.C.C.C.C.C.C.CCC(C)(C)C(=O)OC.CCC(C)(C)C(=O)OC.CCC(C)(C)C(=O)OC.CCC(C)(C)C(=O)OCCC(=O)OC1C2CC3C1OC(=O)C3C2C(=O)OC.N#CC1CC2CCC1C2.[C-]#[N+]C1C2CCC(C2)C1C#N.[C-]#[N+]CC1CC2CCC1C2. The van der Waals surface area contributed by atoms with E-state index in [1.807, 2.05) is 69.2 Å². The Morgan fingerprint density at radius 1 is 0.554 bits per heavy atom. The quantitative estimate of drug-likeness (QED) is 0.0892. The molecule has 8 bridgehead atoms. The number of rotatable bonds is 14. The minimum atomic E-state index is -0.655. The van der Waals surface area contributed by atoms with E-state index in [1.165, 1.54) is 92.6 Å². The number of hydrogen-bond donors (Lipinski definition) is 0. The van der Waals surface area contributed by atoms with Gasteiger partial charge in [0.1, 0.15) is 24.7 Å². The molecule has 0 aromatic rings. The molecule has 9 aliphatic rings. The van der Waals surface area contributed by atoms with Gasteiger partial charge in [0.05, 0.1) is 80.5 Å². The third-order valence-electron chi connectivity index (χ3n) is 20.4. The molecule has 0 spiro atoms. The van der Waals surface area contributed by atoms with Crippen LogP contribution in [0.3, 0.4) is 0 Å². The van der Waals surface area contributed by atoms with Crippen LogP contribution in [0.15, 0.2) is 0 Å². The van der Waals surface area contributed by atoms with Crippen molar-refractivity contribution in [2.24, 2.45) is 98.6 Å². The Kier molecular flexibility index (Phi) is 46.6. The number of hydrogen-bond acceptors (Lipinski definition) is 16. The molecule has 0 aromatic heterocycles. The lowest BCUT2D eigenvalue weighted by Gasteiger charge is -2.29. The third-order valence-corrected chi connectivity index (χ3v) is 20.4. The molecule has 1 heterocycles. The van der Waals surface area contributed by atoms with Crippen molar-refractivity contribution in [2.75, 3.05) is 41.6 Å². The van der Waals surface area contributed by atoms with Crippen molar-refractivity contribution in [1.29, 1.82) is 10.5 Å². The lowest BCUT2D eigenvalue weighted by Crippen LogP contribution is -2.43. The van der Waals surface area contributed by atoms with Gasteiger partial charge in [-0.05, 0) is 175 Å². The maximum atomic E-state index is 12.2. The van der Waals surface area contributed by atoms with Gasteiger partial charge in [-0.1, -0.05) is 99.9 Å². The predicted molar refractivity (Wildman–Crippen MR) is 367 cm³/mol. The van der Waals surface area contributed by atoms with Gasteiger partial charge >= 0.3 is 41.8 Å². The molecule has 534 valence electrons. The van der Waals surface area contributed by atoms with Gasteiger partial charge in [-0.2, -0.15) is 10.5 Å². The molecular weight excluding hydrogens is 1170 g/mol. The van der Waals surface area contributed by atoms with E-state index in [0.29, 0.717) is 30.6 Å². The Hall–Kier alpha value is -5.75. The standard InChI is InChI=1S/C19H26O8.C9H10N2.C9H13N.C8H11N.3C7H14O2.8CH4/c1-5-19(2,3)18(23)25-7-6-11(20)26-14-9-8-10-13(12(9)16(21)24-4)17(22)27-15(10)14;1-11-9-7-3-2-6(4-7)8(9)5-10;1-10-6-9-5-7-2-3-8(9)4-7;9-5-8-4-6-1-2-7(8)3-6;3*1-5-7(2,3)6(8)9-4;;;;;;;;/h9-10,12-15H,5-8H2,1-4H3;6-9H,2-4H2;7-9H,2-6H2;6-8H,1-4H2;3*5H2,1-4H3;8*1H4. The molecule has 9 fully saturated rings. The number of esters is 7. The normalized spacial score (nSPS) is 28.1. The second-order valence-electron chi connectivity index (χ2n) is 27.1. The summed E-state index contributed by atoms with van der Waals surface area (Å²) in [7, 11) is 5.53. The van der Waals surface area contributed by atoms with Crippen LogP contribution in [0.1, 0.15) is 252 Å². The zero-order valence-electron chi connectivity index (χ0n) is 53.7. The summed E-state index contributed by atoms with van der Waals surface area (Å²) in [5.41, 5.74) is -1.53. The van der Waals surface area contributed by atoms with E-state index in [4.69, 9.17) is 42.6 Å². The Bertz CT molecular complexity index is 2320. The first kappa shape index (κ1) is 97.3. The molecule has 92 heavy (non-hydrogen) atoms. The number of nitriles is 2. The van der Waals surface area contributed by atoms with Crippen LogP contribution in [-0.2, 0) is 66.7 Å². The average Bonchev–Trinajstić information content (AvgIpc) is 1.55.